The van der Waals surface area contributed by atoms with Crippen molar-refractivity contribution in [2.75, 3.05) is 6.54 Å². The van der Waals surface area contributed by atoms with Crippen LogP contribution in [0.1, 0.15) is 97.8 Å². The number of unbranched alkanes of at least 4 members (excludes halogenated alkanes) is 8. The lowest BCUT2D eigenvalue weighted by molar-refractivity contribution is 0.470. The molecule has 0 aliphatic rings. The third-order valence-electron chi connectivity index (χ3n) is 3.84. The van der Waals surface area contributed by atoms with Crippen LogP contribution in [-0.4, -0.2) is 12.6 Å². The molecule has 0 aliphatic heterocycles. The smallest absolute Gasteiger partial charge is 0.0217 e. The molecule has 0 heterocycles. The van der Waals surface area contributed by atoms with Crippen molar-refractivity contribution in [1.82, 2.24) is 5.32 Å². The van der Waals surface area contributed by atoms with E-state index in [0.717, 1.165) is 6.54 Å². The van der Waals surface area contributed by atoms with Crippen molar-refractivity contribution in [3.05, 3.63) is 12.2 Å². The fraction of sp³-hybridized carbons (Fsp3) is 0.895. The average molecular weight is 281 g/mol. The van der Waals surface area contributed by atoms with Gasteiger partial charge in [0.05, 0.1) is 0 Å². The van der Waals surface area contributed by atoms with E-state index >= 15 is 0 Å². The molecule has 0 amide bonds. The standard InChI is InChI=1S/C19H38N/c1-4-6-8-9-10-11-12-13-14-15-17-19(3)20-18-16-7-5-2/h11-12,19H,4-10,13-18H2,1-3H3/b12-11+. The Morgan fingerprint density at radius 2 is 1.35 bits per heavy atom. The predicted octanol–water partition coefficient (Wildman–Crippen LogP) is 6.26. The summed E-state index contributed by atoms with van der Waals surface area (Å²) in [5, 5.41) is 4.72. The lowest BCUT2D eigenvalue weighted by Crippen LogP contribution is -2.19. The van der Waals surface area contributed by atoms with Crippen LogP contribution in [0.25, 0.3) is 0 Å². The molecule has 0 spiro atoms. The molecule has 20 heavy (non-hydrogen) atoms. The van der Waals surface area contributed by atoms with Crippen molar-refractivity contribution in [1.29, 1.82) is 0 Å². The SMILES string of the molecule is CCCCCC/C=C/CCCCC(C)[N]CCCCC. The van der Waals surface area contributed by atoms with Crippen molar-refractivity contribution in [2.45, 2.75) is 104 Å². The van der Waals surface area contributed by atoms with Gasteiger partial charge in [-0.2, -0.15) is 0 Å². The third-order valence-corrected chi connectivity index (χ3v) is 3.84. The van der Waals surface area contributed by atoms with E-state index in [1.54, 1.807) is 0 Å². The lowest BCUT2D eigenvalue weighted by atomic mass is 10.1. The zero-order valence-corrected chi connectivity index (χ0v) is 14.4. The molecular weight excluding hydrogens is 242 g/mol. The highest BCUT2D eigenvalue weighted by Crippen LogP contribution is 2.07. The summed E-state index contributed by atoms with van der Waals surface area (Å²) in [6.07, 6.45) is 20.7. The van der Waals surface area contributed by atoms with Crippen LogP contribution in [0.2, 0.25) is 0 Å². The zero-order valence-electron chi connectivity index (χ0n) is 14.4. The van der Waals surface area contributed by atoms with Gasteiger partial charge in [-0.3, -0.25) is 0 Å². The summed E-state index contributed by atoms with van der Waals surface area (Å²) in [6.45, 7) is 7.87. The first-order valence-corrected chi connectivity index (χ1v) is 9.12. The van der Waals surface area contributed by atoms with E-state index in [2.05, 4.69) is 32.9 Å². The van der Waals surface area contributed by atoms with E-state index in [-0.39, 0.29) is 0 Å². The molecule has 1 unspecified atom stereocenters. The van der Waals surface area contributed by atoms with E-state index in [9.17, 15) is 0 Å². The monoisotopic (exact) mass is 280 g/mol. The van der Waals surface area contributed by atoms with Gasteiger partial charge in [-0.1, -0.05) is 64.5 Å². The third kappa shape index (κ3) is 15.8. The quantitative estimate of drug-likeness (QED) is 0.248. The van der Waals surface area contributed by atoms with Gasteiger partial charge >= 0.3 is 0 Å². The predicted molar refractivity (Wildman–Crippen MR) is 92.4 cm³/mol. The minimum Gasteiger partial charge on any atom is -0.239 e. The normalized spacial score (nSPS) is 13.2. The van der Waals surface area contributed by atoms with Gasteiger partial charge in [-0.05, 0) is 45.4 Å². The van der Waals surface area contributed by atoms with E-state index in [0.29, 0.717) is 6.04 Å². The molecule has 1 heteroatoms. The summed E-state index contributed by atoms with van der Waals surface area (Å²) in [7, 11) is 0. The fourth-order valence-corrected chi connectivity index (χ4v) is 2.39. The van der Waals surface area contributed by atoms with Gasteiger partial charge in [0.2, 0.25) is 0 Å². The Morgan fingerprint density at radius 1 is 0.750 bits per heavy atom. The van der Waals surface area contributed by atoms with Gasteiger partial charge in [0.25, 0.3) is 0 Å². The van der Waals surface area contributed by atoms with Gasteiger partial charge in [0, 0.05) is 12.6 Å². The first-order valence-electron chi connectivity index (χ1n) is 9.12. The minimum absolute atomic E-state index is 0.574. The molecule has 0 aliphatic carbocycles. The molecule has 0 aromatic heterocycles. The largest absolute Gasteiger partial charge is 0.239 e. The highest BCUT2D eigenvalue weighted by molar-refractivity contribution is 4.81. The van der Waals surface area contributed by atoms with Gasteiger partial charge in [0.1, 0.15) is 0 Å². The van der Waals surface area contributed by atoms with Crippen molar-refractivity contribution < 1.29 is 0 Å². The summed E-state index contributed by atoms with van der Waals surface area (Å²) in [4.78, 5) is 0. The van der Waals surface area contributed by atoms with Gasteiger partial charge in [-0.25, -0.2) is 5.32 Å². The maximum atomic E-state index is 4.72. The second kappa shape index (κ2) is 16.8. The van der Waals surface area contributed by atoms with Crippen LogP contribution in [-0.2, 0) is 0 Å². The van der Waals surface area contributed by atoms with Gasteiger partial charge in [-0.15, -0.1) is 0 Å². The topological polar surface area (TPSA) is 14.1 Å². The maximum Gasteiger partial charge on any atom is 0.0217 e. The second-order valence-electron chi connectivity index (χ2n) is 6.07. The molecule has 0 aromatic carbocycles. The minimum atomic E-state index is 0.574. The van der Waals surface area contributed by atoms with Crippen LogP contribution in [0, 0.1) is 0 Å². The fourth-order valence-electron chi connectivity index (χ4n) is 2.39. The Labute approximate surface area is 128 Å². The van der Waals surface area contributed by atoms with Crippen LogP contribution in [0.3, 0.4) is 0 Å². The molecular formula is C19H38N. The molecule has 0 saturated carbocycles. The van der Waals surface area contributed by atoms with E-state index in [4.69, 9.17) is 5.32 Å². The Morgan fingerprint density at radius 3 is 2.00 bits per heavy atom. The van der Waals surface area contributed by atoms with Crippen LogP contribution < -0.4 is 5.32 Å². The second-order valence-corrected chi connectivity index (χ2v) is 6.07. The van der Waals surface area contributed by atoms with Gasteiger partial charge < -0.3 is 0 Å². The highest BCUT2D eigenvalue weighted by Gasteiger charge is 2.01. The summed E-state index contributed by atoms with van der Waals surface area (Å²) in [6, 6.07) is 0.574. The maximum absolute atomic E-state index is 4.72. The van der Waals surface area contributed by atoms with Crippen molar-refractivity contribution >= 4 is 0 Å². The molecule has 1 radical (unpaired) electrons. The first-order chi connectivity index (χ1) is 9.81. The Hall–Kier alpha value is -0.300. The number of rotatable bonds is 15. The Kier molecular flexibility index (Phi) is 16.5. The summed E-state index contributed by atoms with van der Waals surface area (Å²) >= 11 is 0. The Balaban J connectivity index is 3.19. The van der Waals surface area contributed by atoms with Crippen LogP contribution in [0.5, 0.6) is 0 Å². The first kappa shape index (κ1) is 19.7. The van der Waals surface area contributed by atoms with Crippen LogP contribution in [0.4, 0.5) is 0 Å². The van der Waals surface area contributed by atoms with Crippen molar-refractivity contribution in [3.8, 4) is 0 Å². The van der Waals surface area contributed by atoms with E-state index < -0.39 is 0 Å². The van der Waals surface area contributed by atoms with Crippen molar-refractivity contribution in [2.24, 2.45) is 0 Å². The summed E-state index contributed by atoms with van der Waals surface area (Å²) < 4.78 is 0. The van der Waals surface area contributed by atoms with E-state index in [1.165, 1.54) is 77.0 Å². The molecule has 0 saturated heterocycles. The molecule has 0 rings (SSSR count). The number of hydrogen-bond acceptors (Lipinski definition) is 0. The van der Waals surface area contributed by atoms with Crippen LogP contribution in [0.15, 0.2) is 12.2 Å². The lowest BCUT2D eigenvalue weighted by Gasteiger charge is -2.10. The molecule has 0 aromatic rings. The van der Waals surface area contributed by atoms with Crippen LogP contribution >= 0.6 is 0 Å². The zero-order chi connectivity index (χ0) is 14.9. The molecule has 1 nitrogen and oxygen atoms in total. The summed E-state index contributed by atoms with van der Waals surface area (Å²) in [5.41, 5.74) is 0. The molecule has 0 N–H and O–H groups in total. The molecule has 0 bridgehead atoms. The molecule has 0 fully saturated rings. The summed E-state index contributed by atoms with van der Waals surface area (Å²) in [5.74, 6) is 0. The highest BCUT2D eigenvalue weighted by atomic mass is 14.9. The van der Waals surface area contributed by atoms with Gasteiger partial charge in [0.15, 0.2) is 0 Å². The molecule has 1 atom stereocenters. The number of allylic oxidation sites excluding steroid dienone is 2. The Bertz CT molecular complexity index is 198. The number of hydrogen-bond donors (Lipinski definition) is 0. The number of nitrogens with zero attached hydrogens (tertiary/aromatic N) is 1. The van der Waals surface area contributed by atoms with Crippen molar-refractivity contribution in [3.63, 3.8) is 0 Å². The van der Waals surface area contributed by atoms with E-state index in [1.807, 2.05) is 0 Å². The average Bonchev–Trinajstić information content (AvgIpc) is 2.45. The molecule has 119 valence electrons.